The first-order valence-electron chi connectivity index (χ1n) is 8.77. The molecule has 0 spiro atoms. The molecular weight excluding hydrogens is 344 g/mol. The molecule has 0 aliphatic heterocycles. The molecule has 1 aliphatic rings. The van der Waals surface area contributed by atoms with Gasteiger partial charge in [0.15, 0.2) is 11.5 Å². The lowest BCUT2D eigenvalue weighted by molar-refractivity contribution is -0.111. The van der Waals surface area contributed by atoms with Gasteiger partial charge in [-0.1, -0.05) is 6.07 Å². The normalized spacial score (nSPS) is 16.2. The highest BCUT2D eigenvalue weighted by Crippen LogP contribution is 2.34. The van der Waals surface area contributed by atoms with E-state index in [4.69, 9.17) is 4.74 Å². The van der Waals surface area contributed by atoms with Crippen LogP contribution in [0.1, 0.15) is 18.2 Å². The van der Waals surface area contributed by atoms with Crippen LogP contribution in [0.15, 0.2) is 40.6 Å². The van der Waals surface area contributed by atoms with Crippen molar-refractivity contribution < 1.29 is 14.6 Å². The molecular formula is C20H24N4O3. The van der Waals surface area contributed by atoms with E-state index < -0.39 is 0 Å². The highest BCUT2D eigenvalue weighted by Gasteiger charge is 2.21. The SMILES string of the molecule is CC1=C(O)/C(=N/c2c(OCCN(C)C)nn3c(C)c(C)ccc23)C=CC1=O. The van der Waals surface area contributed by atoms with Crippen molar-refractivity contribution in [1.29, 1.82) is 0 Å². The first kappa shape index (κ1) is 18.8. The minimum atomic E-state index is -0.222. The van der Waals surface area contributed by atoms with Crippen LogP contribution < -0.4 is 4.74 Å². The van der Waals surface area contributed by atoms with Crippen LogP contribution >= 0.6 is 0 Å². The number of aliphatic hydroxyl groups is 1. The number of hydrogen-bond donors (Lipinski definition) is 1. The van der Waals surface area contributed by atoms with E-state index in [-0.39, 0.29) is 17.1 Å². The van der Waals surface area contributed by atoms with Crippen molar-refractivity contribution >= 4 is 22.7 Å². The van der Waals surface area contributed by atoms with Crippen LogP contribution in [-0.4, -0.2) is 58.4 Å². The lowest BCUT2D eigenvalue weighted by Gasteiger charge is -2.11. The van der Waals surface area contributed by atoms with E-state index in [0.29, 0.717) is 23.9 Å². The monoisotopic (exact) mass is 368 g/mol. The molecule has 7 heteroatoms. The molecule has 0 saturated heterocycles. The predicted octanol–water partition coefficient (Wildman–Crippen LogP) is 2.93. The number of aromatic nitrogens is 2. The Bertz CT molecular complexity index is 996. The summed E-state index contributed by atoms with van der Waals surface area (Å²) in [5.74, 6) is 0.0546. The molecule has 2 aromatic rings. The first-order valence-corrected chi connectivity index (χ1v) is 8.77. The van der Waals surface area contributed by atoms with E-state index in [2.05, 4.69) is 10.1 Å². The number of nitrogens with zero attached hydrogens (tertiary/aromatic N) is 4. The molecule has 142 valence electrons. The molecule has 0 radical (unpaired) electrons. The maximum atomic E-state index is 11.7. The average molecular weight is 368 g/mol. The number of ketones is 1. The van der Waals surface area contributed by atoms with Crippen molar-refractivity contribution in [2.75, 3.05) is 27.2 Å². The molecule has 7 nitrogen and oxygen atoms in total. The van der Waals surface area contributed by atoms with Crippen LogP contribution in [0.5, 0.6) is 5.88 Å². The standard InChI is InChI=1S/C20H24N4O3/c1-12-6-8-16-18(21-15-7-9-17(25)13(2)19(15)26)20(22-24(16)14(12)3)27-11-10-23(4)5/h6-9,26H,10-11H2,1-5H3/b21-15+. The van der Waals surface area contributed by atoms with Crippen molar-refractivity contribution in [2.45, 2.75) is 20.8 Å². The Labute approximate surface area is 158 Å². The minimum absolute atomic E-state index is 0.120. The van der Waals surface area contributed by atoms with Gasteiger partial charge in [-0.2, -0.15) is 0 Å². The summed E-state index contributed by atoms with van der Waals surface area (Å²) in [6.45, 7) is 6.77. The zero-order valence-corrected chi connectivity index (χ0v) is 16.3. The summed E-state index contributed by atoms with van der Waals surface area (Å²) in [7, 11) is 3.94. The fourth-order valence-electron chi connectivity index (χ4n) is 2.70. The van der Waals surface area contributed by atoms with Gasteiger partial charge >= 0.3 is 0 Å². The van der Waals surface area contributed by atoms with Crippen LogP contribution in [0.3, 0.4) is 0 Å². The number of pyridine rings is 1. The third kappa shape index (κ3) is 3.64. The van der Waals surface area contributed by atoms with Crippen LogP contribution in [-0.2, 0) is 4.79 Å². The molecule has 1 aliphatic carbocycles. The van der Waals surface area contributed by atoms with Crippen molar-refractivity contribution in [3.63, 3.8) is 0 Å². The molecule has 0 bridgehead atoms. The van der Waals surface area contributed by atoms with Crippen LogP contribution in [0.4, 0.5) is 5.69 Å². The molecule has 0 fully saturated rings. The summed E-state index contributed by atoms with van der Waals surface area (Å²) >= 11 is 0. The van der Waals surface area contributed by atoms with Gasteiger partial charge in [0.25, 0.3) is 5.88 Å². The topological polar surface area (TPSA) is 79.4 Å². The van der Waals surface area contributed by atoms with Gasteiger partial charge in [-0.15, -0.1) is 5.10 Å². The summed E-state index contributed by atoms with van der Waals surface area (Å²) in [6, 6.07) is 3.93. The van der Waals surface area contributed by atoms with Gasteiger partial charge in [0, 0.05) is 17.8 Å². The maximum absolute atomic E-state index is 11.7. The number of aliphatic hydroxyl groups excluding tert-OH is 1. The minimum Gasteiger partial charge on any atom is -0.505 e. The number of carbonyl (C=O) groups is 1. The number of hydrogen-bond acceptors (Lipinski definition) is 6. The van der Waals surface area contributed by atoms with E-state index in [1.54, 1.807) is 11.4 Å². The smallest absolute Gasteiger partial charge is 0.260 e. The second-order valence-corrected chi connectivity index (χ2v) is 6.87. The highest BCUT2D eigenvalue weighted by molar-refractivity contribution is 6.21. The number of ether oxygens (including phenoxy) is 1. The van der Waals surface area contributed by atoms with E-state index >= 15 is 0 Å². The Morgan fingerprint density at radius 3 is 2.67 bits per heavy atom. The zero-order valence-electron chi connectivity index (χ0n) is 16.3. The molecule has 2 heterocycles. The maximum Gasteiger partial charge on any atom is 0.260 e. The molecule has 3 rings (SSSR count). The lowest BCUT2D eigenvalue weighted by atomic mass is 10.0. The Balaban J connectivity index is 2.12. The zero-order chi connectivity index (χ0) is 19.7. The number of likely N-dealkylation sites (N-methyl/N-ethyl adjacent to an activating group) is 1. The number of carbonyl (C=O) groups excluding carboxylic acids is 1. The molecule has 0 amide bonds. The highest BCUT2D eigenvalue weighted by atomic mass is 16.5. The molecule has 0 atom stereocenters. The van der Waals surface area contributed by atoms with Gasteiger partial charge in [-0.3, -0.25) is 4.79 Å². The molecule has 0 unspecified atom stereocenters. The first-order chi connectivity index (χ1) is 12.8. The summed E-state index contributed by atoms with van der Waals surface area (Å²) < 4.78 is 7.68. The Morgan fingerprint density at radius 1 is 1.22 bits per heavy atom. The van der Waals surface area contributed by atoms with Crippen molar-refractivity contribution in [2.24, 2.45) is 4.99 Å². The van der Waals surface area contributed by atoms with Crippen molar-refractivity contribution in [1.82, 2.24) is 14.5 Å². The fourth-order valence-corrected chi connectivity index (χ4v) is 2.70. The quantitative estimate of drug-likeness (QED) is 0.821. The number of aryl methyl sites for hydroxylation is 2. The van der Waals surface area contributed by atoms with E-state index in [1.165, 1.54) is 12.2 Å². The van der Waals surface area contributed by atoms with Crippen LogP contribution in [0.2, 0.25) is 0 Å². The summed E-state index contributed by atoms with van der Waals surface area (Å²) in [6.07, 6.45) is 2.92. The number of rotatable bonds is 5. The molecule has 27 heavy (non-hydrogen) atoms. The van der Waals surface area contributed by atoms with E-state index in [1.807, 2.05) is 45.0 Å². The van der Waals surface area contributed by atoms with Gasteiger partial charge in [-0.05, 0) is 58.6 Å². The van der Waals surface area contributed by atoms with Gasteiger partial charge in [0.05, 0.1) is 5.52 Å². The molecule has 2 aromatic heterocycles. The molecule has 1 N–H and O–H groups in total. The molecule has 0 aromatic carbocycles. The van der Waals surface area contributed by atoms with Gasteiger partial charge < -0.3 is 14.7 Å². The van der Waals surface area contributed by atoms with Crippen LogP contribution in [0.25, 0.3) is 5.52 Å². The van der Waals surface area contributed by atoms with Crippen molar-refractivity contribution in [3.05, 3.63) is 46.9 Å². The fraction of sp³-hybridized carbons (Fsp3) is 0.350. The predicted molar refractivity (Wildman–Crippen MR) is 105 cm³/mol. The van der Waals surface area contributed by atoms with Crippen molar-refractivity contribution in [3.8, 4) is 5.88 Å². The third-order valence-corrected chi connectivity index (χ3v) is 4.61. The average Bonchev–Trinajstić information content (AvgIpc) is 2.96. The Kier molecular flexibility index (Phi) is 5.14. The van der Waals surface area contributed by atoms with E-state index in [9.17, 15) is 9.90 Å². The van der Waals surface area contributed by atoms with Crippen LogP contribution in [0, 0.1) is 13.8 Å². The number of aliphatic imine (C=N–C) groups is 1. The van der Waals surface area contributed by atoms with Gasteiger partial charge in [0.2, 0.25) is 0 Å². The second-order valence-electron chi connectivity index (χ2n) is 6.87. The Morgan fingerprint density at radius 2 is 1.96 bits per heavy atom. The summed E-state index contributed by atoms with van der Waals surface area (Å²) in [5, 5.41) is 14.9. The van der Waals surface area contributed by atoms with Gasteiger partial charge in [-0.25, -0.2) is 9.51 Å². The largest absolute Gasteiger partial charge is 0.505 e. The van der Waals surface area contributed by atoms with E-state index in [0.717, 1.165) is 23.3 Å². The third-order valence-electron chi connectivity index (χ3n) is 4.61. The number of allylic oxidation sites excluding steroid dienone is 3. The molecule has 0 saturated carbocycles. The van der Waals surface area contributed by atoms with Gasteiger partial charge in [0.1, 0.15) is 18.1 Å². The summed E-state index contributed by atoms with van der Waals surface area (Å²) in [5.41, 5.74) is 3.99. The summed E-state index contributed by atoms with van der Waals surface area (Å²) in [4.78, 5) is 18.3. The second kappa shape index (κ2) is 7.36. The number of fused-ring (bicyclic) bond motifs is 1. The lowest BCUT2D eigenvalue weighted by Crippen LogP contribution is -2.19. The Hall–Kier alpha value is -2.93.